The van der Waals surface area contributed by atoms with Gasteiger partial charge in [0, 0.05) is 31.9 Å². The number of likely N-dealkylation sites (N-methyl/N-ethyl adjacent to an activating group) is 1. The fourth-order valence-electron chi connectivity index (χ4n) is 1.38. The van der Waals surface area contributed by atoms with Gasteiger partial charge in [0.1, 0.15) is 0 Å². The molecule has 2 heteroatoms. The van der Waals surface area contributed by atoms with Gasteiger partial charge in [0.15, 0.2) is 0 Å². The molecule has 0 aromatic heterocycles. The van der Waals surface area contributed by atoms with Crippen LogP contribution in [0.1, 0.15) is 6.42 Å². The number of hydrogen-bond donors (Lipinski definition) is 1. The molecule has 44 valence electrons. The van der Waals surface area contributed by atoms with E-state index < -0.39 is 0 Å². The first-order valence-corrected chi connectivity index (χ1v) is 3.03. The third-order valence-electron chi connectivity index (χ3n) is 1.96. The van der Waals surface area contributed by atoms with Crippen molar-refractivity contribution in [1.29, 1.82) is 0 Å². The number of rotatable bonds is 0. The highest BCUT2D eigenvalue weighted by molar-refractivity contribution is 5.15. The molecule has 0 aliphatic carbocycles. The lowest BCUT2D eigenvalue weighted by molar-refractivity contribution is 0.363. The van der Waals surface area contributed by atoms with Crippen LogP contribution in [0.25, 0.3) is 0 Å². The maximum atomic E-state index is 3.31. The average molecular weight is 110 g/mol. The molecule has 1 unspecified atom stereocenters. The van der Waals surface area contributed by atoms with Gasteiger partial charge in [0.2, 0.25) is 0 Å². The van der Waals surface area contributed by atoms with E-state index in [4.69, 9.17) is 0 Å². The lowest BCUT2D eigenvalue weighted by atomic mass is 10.3. The van der Waals surface area contributed by atoms with Crippen molar-refractivity contribution in [3.63, 3.8) is 0 Å². The molecule has 2 nitrogen and oxygen atoms in total. The van der Waals surface area contributed by atoms with E-state index in [9.17, 15) is 0 Å². The van der Waals surface area contributed by atoms with E-state index in [1.54, 1.807) is 0 Å². The molecule has 0 amide bonds. The second-order valence-corrected chi connectivity index (χ2v) is 2.56. The summed E-state index contributed by atoms with van der Waals surface area (Å²) in [6.07, 6.45) is 3.44. The number of nitrogens with zero attached hydrogens (tertiary/aromatic N) is 1. The van der Waals surface area contributed by atoms with E-state index in [1.165, 1.54) is 12.1 Å². The van der Waals surface area contributed by atoms with Gasteiger partial charge in [-0.05, 0) is 0 Å². The molecule has 2 rings (SSSR count). The molecule has 2 bridgehead atoms. The second-order valence-electron chi connectivity index (χ2n) is 2.56. The molecule has 0 aromatic rings. The van der Waals surface area contributed by atoms with Crippen LogP contribution < -0.4 is 5.32 Å². The van der Waals surface area contributed by atoms with E-state index >= 15 is 0 Å². The number of hydrogen-bond acceptors (Lipinski definition) is 2. The molecule has 2 aliphatic rings. The molecular weight excluding hydrogens is 100 g/mol. The van der Waals surface area contributed by atoms with Crippen LogP contribution in [0.5, 0.6) is 0 Å². The summed E-state index contributed by atoms with van der Waals surface area (Å²) in [6.45, 7) is 1.16. The zero-order valence-corrected chi connectivity index (χ0v) is 5.02. The van der Waals surface area contributed by atoms with Crippen molar-refractivity contribution in [3.8, 4) is 0 Å². The minimum Gasteiger partial charge on any atom is -0.385 e. The van der Waals surface area contributed by atoms with E-state index in [0.29, 0.717) is 0 Å². The molecule has 0 aromatic carbocycles. The van der Waals surface area contributed by atoms with Crippen molar-refractivity contribution in [3.05, 3.63) is 11.9 Å². The normalized spacial score (nSPS) is 32.9. The van der Waals surface area contributed by atoms with Crippen molar-refractivity contribution in [2.24, 2.45) is 0 Å². The van der Waals surface area contributed by atoms with Gasteiger partial charge in [-0.3, -0.25) is 0 Å². The summed E-state index contributed by atoms with van der Waals surface area (Å²) in [6, 6.07) is 0.769. The molecule has 0 saturated carbocycles. The lowest BCUT2D eigenvalue weighted by Crippen LogP contribution is -2.30. The summed E-state index contributed by atoms with van der Waals surface area (Å²) in [4.78, 5) is 2.28. The number of nitrogens with one attached hydrogen (secondary N) is 1. The van der Waals surface area contributed by atoms with Crippen LogP contribution in [-0.2, 0) is 0 Å². The van der Waals surface area contributed by atoms with Gasteiger partial charge in [-0.15, -0.1) is 0 Å². The minimum atomic E-state index is 0.769. The van der Waals surface area contributed by atoms with Gasteiger partial charge in [0.25, 0.3) is 0 Å². The molecule has 8 heavy (non-hydrogen) atoms. The third-order valence-corrected chi connectivity index (χ3v) is 1.96. The monoisotopic (exact) mass is 110 g/mol. The van der Waals surface area contributed by atoms with Gasteiger partial charge in [-0.25, -0.2) is 0 Å². The Balaban J connectivity index is 2.28. The highest BCUT2D eigenvalue weighted by atomic mass is 15.2. The van der Waals surface area contributed by atoms with Crippen LogP contribution in [0.2, 0.25) is 0 Å². The summed E-state index contributed by atoms with van der Waals surface area (Å²) in [5.41, 5.74) is 1.41. The highest BCUT2D eigenvalue weighted by Crippen LogP contribution is 2.22. The standard InChI is InChI=1S/C6H10N2/c1-8-4-5-2-6(8)3-7-5/h4,6-7H,2-3H2,1H3. The molecule has 1 fully saturated rings. The predicted molar refractivity (Wildman–Crippen MR) is 32.3 cm³/mol. The van der Waals surface area contributed by atoms with Gasteiger partial charge in [0.05, 0.1) is 6.04 Å². The van der Waals surface area contributed by atoms with E-state index in [2.05, 4.69) is 23.5 Å². The fourth-order valence-corrected chi connectivity index (χ4v) is 1.38. The Morgan fingerprint density at radius 3 is 3.00 bits per heavy atom. The third kappa shape index (κ3) is 0.377. The van der Waals surface area contributed by atoms with Gasteiger partial charge >= 0.3 is 0 Å². The van der Waals surface area contributed by atoms with Crippen molar-refractivity contribution in [2.45, 2.75) is 12.5 Å². The molecule has 0 radical (unpaired) electrons. The van der Waals surface area contributed by atoms with Crippen LogP contribution in [-0.4, -0.2) is 24.5 Å². The zero-order valence-electron chi connectivity index (χ0n) is 5.02. The Morgan fingerprint density at radius 1 is 1.88 bits per heavy atom. The molecule has 1 atom stereocenters. The van der Waals surface area contributed by atoms with E-state index in [-0.39, 0.29) is 0 Å². The minimum absolute atomic E-state index is 0.769. The van der Waals surface area contributed by atoms with Gasteiger partial charge < -0.3 is 10.2 Å². The van der Waals surface area contributed by atoms with Crippen molar-refractivity contribution >= 4 is 0 Å². The Labute approximate surface area is 49.2 Å². The van der Waals surface area contributed by atoms with Crippen LogP contribution >= 0.6 is 0 Å². The molecule has 0 spiro atoms. The maximum Gasteiger partial charge on any atom is 0.0509 e. The molecule has 2 aliphatic heterocycles. The molecule has 1 saturated heterocycles. The van der Waals surface area contributed by atoms with E-state index in [1.807, 2.05) is 0 Å². The van der Waals surface area contributed by atoms with E-state index in [0.717, 1.165) is 12.6 Å². The SMILES string of the molecule is CN1C=C2CC1CN2. The Morgan fingerprint density at radius 2 is 2.75 bits per heavy atom. The zero-order chi connectivity index (χ0) is 5.56. The Hall–Kier alpha value is -0.660. The summed E-state index contributed by atoms with van der Waals surface area (Å²) in [5.74, 6) is 0. The summed E-state index contributed by atoms with van der Waals surface area (Å²) < 4.78 is 0. The maximum absolute atomic E-state index is 3.31. The molecule has 1 N–H and O–H groups in total. The topological polar surface area (TPSA) is 15.3 Å². The quantitative estimate of drug-likeness (QED) is 0.477. The van der Waals surface area contributed by atoms with Crippen molar-refractivity contribution in [2.75, 3.05) is 13.6 Å². The van der Waals surface area contributed by atoms with Crippen LogP contribution in [0.4, 0.5) is 0 Å². The summed E-state index contributed by atoms with van der Waals surface area (Å²) in [5, 5.41) is 3.31. The first kappa shape index (κ1) is 4.24. The van der Waals surface area contributed by atoms with Crippen molar-refractivity contribution in [1.82, 2.24) is 10.2 Å². The second kappa shape index (κ2) is 1.19. The highest BCUT2D eigenvalue weighted by Gasteiger charge is 2.27. The van der Waals surface area contributed by atoms with Gasteiger partial charge in [-0.1, -0.05) is 0 Å². The predicted octanol–water partition coefficient (Wildman–Crippen LogP) is 0.135. The van der Waals surface area contributed by atoms with Crippen molar-refractivity contribution < 1.29 is 0 Å². The first-order valence-electron chi connectivity index (χ1n) is 3.03. The Kier molecular flexibility index (Phi) is 0.629. The van der Waals surface area contributed by atoms with Crippen LogP contribution in [0.3, 0.4) is 0 Å². The Bertz CT molecular complexity index is 139. The smallest absolute Gasteiger partial charge is 0.0509 e. The average Bonchev–Trinajstić information content (AvgIpc) is 2.23. The summed E-state index contributed by atoms with van der Waals surface area (Å²) >= 11 is 0. The fraction of sp³-hybridized carbons (Fsp3) is 0.667. The van der Waals surface area contributed by atoms with Crippen LogP contribution in [0.15, 0.2) is 11.9 Å². The number of fused-ring (bicyclic) bond motifs is 2. The molecule has 2 heterocycles. The summed E-state index contributed by atoms with van der Waals surface area (Å²) in [7, 11) is 2.14. The first-order chi connectivity index (χ1) is 3.86. The molecular formula is C6H10N2. The van der Waals surface area contributed by atoms with Gasteiger partial charge in [-0.2, -0.15) is 0 Å². The lowest BCUT2D eigenvalue weighted by Gasteiger charge is -2.19. The largest absolute Gasteiger partial charge is 0.385 e. The van der Waals surface area contributed by atoms with Crippen LogP contribution in [0, 0.1) is 0 Å².